The van der Waals surface area contributed by atoms with Gasteiger partial charge in [-0.3, -0.25) is 4.98 Å². The second kappa shape index (κ2) is 3.32. The lowest BCUT2D eigenvalue weighted by Gasteiger charge is -2.01. The van der Waals surface area contributed by atoms with Crippen molar-refractivity contribution >= 4 is 0 Å². The van der Waals surface area contributed by atoms with Gasteiger partial charge in [0.25, 0.3) is 0 Å². The first-order valence-corrected chi connectivity index (χ1v) is 3.50. The number of nitrogens with zero attached hydrogens (tertiary/aromatic N) is 1. The van der Waals surface area contributed by atoms with E-state index in [1.54, 1.807) is 6.20 Å². The van der Waals surface area contributed by atoms with Gasteiger partial charge in [-0.15, -0.1) is 0 Å². The highest BCUT2D eigenvalue weighted by Crippen LogP contribution is 2.05. The predicted octanol–water partition coefficient (Wildman–Crippen LogP) is 1.10. The maximum atomic E-state index is 5.49. The van der Waals surface area contributed by atoms with Crippen LogP contribution in [0, 0.1) is 0 Å². The van der Waals surface area contributed by atoms with Gasteiger partial charge in [0.2, 0.25) is 0 Å². The molecule has 0 fully saturated rings. The van der Waals surface area contributed by atoms with Gasteiger partial charge in [-0.05, 0) is 23.6 Å². The van der Waals surface area contributed by atoms with E-state index >= 15 is 0 Å². The van der Waals surface area contributed by atoms with E-state index in [1.807, 2.05) is 12.3 Å². The zero-order valence-electron chi connectivity index (χ0n) is 6.17. The highest BCUT2D eigenvalue weighted by molar-refractivity contribution is 5.22. The molecule has 0 aliphatic rings. The van der Waals surface area contributed by atoms with E-state index in [9.17, 15) is 0 Å². The maximum absolute atomic E-state index is 5.49. The first-order chi connectivity index (χ1) is 4.88. The fraction of sp³-hybridized carbons (Fsp3) is 0.375. The highest BCUT2D eigenvalue weighted by Gasteiger charge is 1.95. The van der Waals surface area contributed by atoms with Gasteiger partial charge in [-0.1, -0.05) is 6.92 Å². The Kier molecular flexibility index (Phi) is 2.40. The Balaban J connectivity index is 2.96. The Morgan fingerprint density at radius 2 is 2.30 bits per heavy atom. The molecule has 0 unspecified atom stereocenters. The van der Waals surface area contributed by atoms with Crippen LogP contribution in [0.4, 0.5) is 0 Å². The summed E-state index contributed by atoms with van der Waals surface area (Å²) in [5.74, 6) is 0. The number of rotatable bonds is 2. The third kappa shape index (κ3) is 1.33. The van der Waals surface area contributed by atoms with E-state index in [-0.39, 0.29) is 0 Å². The summed E-state index contributed by atoms with van der Waals surface area (Å²) in [7, 11) is 0. The molecule has 1 aromatic heterocycles. The third-order valence-electron chi connectivity index (χ3n) is 1.61. The number of pyridine rings is 1. The molecule has 2 heteroatoms. The Morgan fingerprint density at radius 1 is 1.50 bits per heavy atom. The molecule has 0 radical (unpaired) electrons. The maximum Gasteiger partial charge on any atom is 0.0315 e. The topological polar surface area (TPSA) is 38.9 Å². The van der Waals surface area contributed by atoms with Gasteiger partial charge in [0.1, 0.15) is 0 Å². The molecule has 0 aliphatic carbocycles. The zero-order valence-corrected chi connectivity index (χ0v) is 6.17. The van der Waals surface area contributed by atoms with Gasteiger partial charge in [0.15, 0.2) is 0 Å². The Bertz CT molecular complexity index is 185. The Labute approximate surface area is 61.1 Å². The van der Waals surface area contributed by atoms with E-state index < -0.39 is 0 Å². The lowest BCUT2D eigenvalue weighted by molar-refractivity contribution is 0.982. The molecule has 0 saturated heterocycles. The molecular weight excluding hydrogens is 124 g/mol. The fourth-order valence-electron chi connectivity index (χ4n) is 0.985. The molecule has 0 atom stereocenters. The van der Waals surface area contributed by atoms with Crippen LogP contribution in [0.25, 0.3) is 0 Å². The van der Waals surface area contributed by atoms with E-state index in [2.05, 4.69) is 11.9 Å². The van der Waals surface area contributed by atoms with Gasteiger partial charge in [-0.25, -0.2) is 0 Å². The summed E-state index contributed by atoms with van der Waals surface area (Å²) < 4.78 is 0. The lowest BCUT2D eigenvalue weighted by Crippen LogP contribution is -2.00. The lowest BCUT2D eigenvalue weighted by atomic mass is 10.1. The van der Waals surface area contributed by atoms with Crippen molar-refractivity contribution in [2.45, 2.75) is 19.9 Å². The summed E-state index contributed by atoms with van der Waals surface area (Å²) in [5.41, 5.74) is 7.95. The van der Waals surface area contributed by atoms with Crippen molar-refractivity contribution in [3.05, 3.63) is 29.6 Å². The van der Waals surface area contributed by atoms with Gasteiger partial charge >= 0.3 is 0 Å². The van der Waals surface area contributed by atoms with Crippen molar-refractivity contribution in [2.75, 3.05) is 0 Å². The molecule has 1 aromatic rings. The molecule has 2 N–H and O–H groups in total. The van der Waals surface area contributed by atoms with Crippen LogP contribution in [0.15, 0.2) is 18.5 Å². The molecular formula is C8H12N2. The van der Waals surface area contributed by atoms with E-state index in [0.717, 1.165) is 12.0 Å². The quantitative estimate of drug-likeness (QED) is 0.661. The number of hydrogen-bond acceptors (Lipinski definition) is 2. The van der Waals surface area contributed by atoms with Crippen molar-refractivity contribution in [2.24, 2.45) is 5.73 Å². The number of aromatic nitrogens is 1. The zero-order chi connectivity index (χ0) is 7.40. The van der Waals surface area contributed by atoms with E-state index in [0.29, 0.717) is 6.54 Å². The smallest absolute Gasteiger partial charge is 0.0315 e. The molecule has 2 nitrogen and oxygen atoms in total. The second-order valence-electron chi connectivity index (χ2n) is 2.20. The summed E-state index contributed by atoms with van der Waals surface area (Å²) in [5, 5.41) is 0. The van der Waals surface area contributed by atoms with Crippen LogP contribution in [0.3, 0.4) is 0 Å². The molecule has 1 rings (SSSR count). The number of aryl methyl sites for hydroxylation is 1. The van der Waals surface area contributed by atoms with Crippen molar-refractivity contribution < 1.29 is 0 Å². The summed E-state index contributed by atoms with van der Waals surface area (Å²) in [6.07, 6.45) is 4.67. The van der Waals surface area contributed by atoms with Crippen LogP contribution in [0.5, 0.6) is 0 Å². The third-order valence-corrected chi connectivity index (χ3v) is 1.61. The van der Waals surface area contributed by atoms with Crippen LogP contribution in [-0.4, -0.2) is 4.98 Å². The van der Waals surface area contributed by atoms with Gasteiger partial charge in [0.05, 0.1) is 0 Å². The Morgan fingerprint density at radius 3 is 2.80 bits per heavy atom. The highest BCUT2D eigenvalue weighted by atomic mass is 14.6. The monoisotopic (exact) mass is 136 g/mol. The summed E-state index contributed by atoms with van der Waals surface area (Å²) >= 11 is 0. The molecule has 0 saturated carbocycles. The second-order valence-corrected chi connectivity index (χ2v) is 2.20. The average Bonchev–Trinajstić information content (AvgIpc) is 2.04. The van der Waals surface area contributed by atoms with Crippen LogP contribution >= 0.6 is 0 Å². The van der Waals surface area contributed by atoms with E-state index in [4.69, 9.17) is 5.73 Å². The fourth-order valence-corrected chi connectivity index (χ4v) is 0.985. The molecule has 1 heterocycles. The Hall–Kier alpha value is -0.890. The minimum Gasteiger partial charge on any atom is -0.326 e. The van der Waals surface area contributed by atoms with Crippen LogP contribution < -0.4 is 5.73 Å². The number of hydrogen-bond donors (Lipinski definition) is 1. The summed E-state index contributed by atoms with van der Waals surface area (Å²) in [6.45, 7) is 2.71. The molecule has 0 spiro atoms. The van der Waals surface area contributed by atoms with Crippen LogP contribution in [0.2, 0.25) is 0 Å². The van der Waals surface area contributed by atoms with Crippen LogP contribution in [-0.2, 0) is 13.0 Å². The van der Waals surface area contributed by atoms with Crippen molar-refractivity contribution in [1.29, 1.82) is 0 Å². The minimum absolute atomic E-state index is 0.594. The summed E-state index contributed by atoms with van der Waals surface area (Å²) in [4.78, 5) is 3.98. The molecule has 0 aromatic carbocycles. The van der Waals surface area contributed by atoms with Crippen molar-refractivity contribution in [3.63, 3.8) is 0 Å². The normalized spacial score (nSPS) is 9.80. The van der Waals surface area contributed by atoms with Crippen molar-refractivity contribution in [1.82, 2.24) is 4.98 Å². The van der Waals surface area contributed by atoms with Gasteiger partial charge in [0, 0.05) is 18.9 Å². The van der Waals surface area contributed by atoms with Gasteiger partial charge < -0.3 is 5.73 Å². The van der Waals surface area contributed by atoms with Crippen LogP contribution in [0.1, 0.15) is 18.1 Å². The number of nitrogens with two attached hydrogens (primary N) is 1. The first-order valence-electron chi connectivity index (χ1n) is 3.50. The molecule has 0 amide bonds. The molecule has 0 bridgehead atoms. The average molecular weight is 136 g/mol. The molecule has 0 aliphatic heterocycles. The largest absolute Gasteiger partial charge is 0.326 e. The van der Waals surface area contributed by atoms with Gasteiger partial charge in [-0.2, -0.15) is 0 Å². The van der Waals surface area contributed by atoms with Crippen molar-refractivity contribution in [3.8, 4) is 0 Å². The SMILES string of the molecule is CCc1ccncc1CN. The standard InChI is InChI=1S/C8H12N2/c1-2-7-3-4-10-6-8(7)5-9/h3-4,6H,2,5,9H2,1H3. The molecule has 54 valence electrons. The molecule has 10 heavy (non-hydrogen) atoms. The first kappa shape index (κ1) is 7.22. The minimum atomic E-state index is 0.594. The predicted molar refractivity (Wildman–Crippen MR) is 41.5 cm³/mol. The summed E-state index contributed by atoms with van der Waals surface area (Å²) in [6, 6.07) is 2.02. The van der Waals surface area contributed by atoms with E-state index in [1.165, 1.54) is 5.56 Å².